The summed E-state index contributed by atoms with van der Waals surface area (Å²) in [5, 5.41) is 1.76. The molecule has 2 heterocycles. The maximum atomic E-state index is 13.1. The van der Waals surface area contributed by atoms with Crippen LogP contribution in [0, 0.1) is 0 Å². The number of para-hydroxylation sites is 1. The molecule has 1 N–H and O–H groups in total. The van der Waals surface area contributed by atoms with Crippen molar-refractivity contribution in [2.75, 3.05) is 0 Å². The molecule has 0 aliphatic heterocycles. The topological polar surface area (TPSA) is 62.8 Å². The van der Waals surface area contributed by atoms with Gasteiger partial charge in [-0.25, -0.2) is 0 Å². The zero-order valence-electron chi connectivity index (χ0n) is 15.0. The minimum absolute atomic E-state index is 0.0625. The average Bonchev–Trinajstić information content (AvgIpc) is 2.72. The van der Waals surface area contributed by atoms with Crippen molar-refractivity contribution in [1.82, 2.24) is 9.97 Å². The lowest BCUT2D eigenvalue weighted by Gasteiger charge is -2.11. The molecule has 4 rings (SSSR count). The molecule has 0 radical (unpaired) electrons. The molecule has 29 heavy (non-hydrogen) atoms. The third-order valence-electron chi connectivity index (χ3n) is 4.52. The Morgan fingerprint density at radius 3 is 2.52 bits per heavy atom. The first kappa shape index (κ1) is 19.1. The molecule has 0 bridgehead atoms. The monoisotopic (exact) mass is 420 g/mol. The number of benzene rings is 2. The number of nitrogens with one attached hydrogen (secondary N) is 1. The maximum absolute atomic E-state index is 13.1. The van der Waals surface area contributed by atoms with Crippen molar-refractivity contribution >= 4 is 46.0 Å². The second kappa shape index (κ2) is 8.03. The van der Waals surface area contributed by atoms with E-state index in [1.165, 1.54) is 12.3 Å². The summed E-state index contributed by atoms with van der Waals surface area (Å²) in [6, 6.07) is 16.1. The van der Waals surface area contributed by atoms with Gasteiger partial charge in [-0.15, -0.1) is 0 Å². The van der Waals surface area contributed by atoms with Crippen LogP contribution in [-0.4, -0.2) is 15.8 Å². The Morgan fingerprint density at radius 2 is 1.76 bits per heavy atom. The molecule has 2 aromatic carbocycles. The maximum Gasteiger partial charge on any atom is 0.260 e. The largest absolute Gasteiger partial charge is 0.321 e. The minimum Gasteiger partial charge on any atom is -0.321 e. The Bertz CT molecular complexity index is 1310. The van der Waals surface area contributed by atoms with Crippen LogP contribution in [0.5, 0.6) is 0 Å². The number of carbonyl (C=O) groups excluding carboxylic acids is 1. The van der Waals surface area contributed by atoms with Crippen molar-refractivity contribution < 1.29 is 4.79 Å². The number of aromatic nitrogens is 2. The van der Waals surface area contributed by atoms with Gasteiger partial charge in [-0.3, -0.25) is 14.6 Å². The van der Waals surface area contributed by atoms with Crippen molar-refractivity contribution in [3.05, 3.63) is 105 Å². The third-order valence-corrected chi connectivity index (χ3v) is 5.09. The van der Waals surface area contributed by atoms with E-state index in [0.29, 0.717) is 26.7 Å². The van der Waals surface area contributed by atoms with Crippen LogP contribution < -0.4 is 5.56 Å². The van der Waals surface area contributed by atoms with Gasteiger partial charge < -0.3 is 4.98 Å². The van der Waals surface area contributed by atoms with E-state index in [0.717, 1.165) is 10.9 Å². The number of fused-ring (bicyclic) bond motifs is 1. The van der Waals surface area contributed by atoms with Crippen molar-refractivity contribution in [2.45, 2.75) is 0 Å². The van der Waals surface area contributed by atoms with Crippen LogP contribution in [0.15, 0.2) is 77.9 Å². The standard InChI is InChI=1S/C23H14Cl2N2O2/c24-16-8-5-15(6-9-16)21-17-3-1-2-4-19(17)27-23(29)22(21)20(28)10-7-14-11-12-26-13-18(14)25/h1-13H,(H,27,29)/b10-7+. The van der Waals surface area contributed by atoms with Crippen LogP contribution in [0.25, 0.3) is 28.1 Å². The zero-order chi connectivity index (χ0) is 20.4. The molecule has 6 heteroatoms. The highest BCUT2D eigenvalue weighted by molar-refractivity contribution is 6.32. The van der Waals surface area contributed by atoms with Crippen LogP contribution in [0.1, 0.15) is 15.9 Å². The number of aromatic amines is 1. The first-order valence-electron chi connectivity index (χ1n) is 8.77. The van der Waals surface area contributed by atoms with Gasteiger partial charge in [-0.1, -0.05) is 53.5 Å². The fraction of sp³-hybridized carbons (Fsp3) is 0. The Labute approximate surface area is 176 Å². The molecule has 0 unspecified atom stereocenters. The Kier molecular flexibility index (Phi) is 5.30. The lowest BCUT2D eigenvalue weighted by molar-refractivity contribution is 0.104. The molecular formula is C23H14Cl2N2O2. The van der Waals surface area contributed by atoms with Crippen LogP contribution in [-0.2, 0) is 0 Å². The molecular weight excluding hydrogens is 407 g/mol. The van der Waals surface area contributed by atoms with Gasteiger partial charge in [0.25, 0.3) is 5.56 Å². The summed E-state index contributed by atoms with van der Waals surface area (Å²) in [6.07, 6.45) is 6.00. The summed E-state index contributed by atoms with van der Waals surface area (Å²) in [5.74, 6) is -0.421. The van der Waals surface area contributed by atoms with Gasteiger partial charge in [0, 0.05) is 33.9 Å². The van der Waals surface area contributed by atoms with Crippen molar-refractivity contribution in [1.29, 1.82) is 0 Å². The predicted molar refractivity (Wildman–Crippen MR) is 118 cm³/mol. The van der Waals surface area contributed by atoms with Crippen LogP contribution in [0.3, 0.4) is 0 Å². The fourth-order valence-corrected chi connectivity index (χ4v) is 3.47. The van der Waals surface area contributed by atoms with Gasteiger partial charge in [-0.05, 0) is 47.5 Å². The molecule has 0 aliphatic rings. The van der Waals surface area contributed by atoms with Crippen LogP contribution in [0.2, 0.25) is 10.0 Å². The van der Waals surface area contributed by atoms with E-state index in [9.17, 15) is 9.59 Å². The fourth-order valence-electron chi connectivity index (χ4n) is 3.16. The number of ketones is 1. The summed E-state index contributed by atoms with van der Waals surface area (Å²) in [5.41, 5.74) is 2.20. The molecule has 0 amide bonds. The summed E-state index contributed by atoms with van der Waals surface area (Å²) < 4.78 is 0. The number of hydrogen-bond donors (Lipinski definition) is 1. The zero-order valence-corrected chi connectivity index (χ0v) is 16.5. The first-order valence-corrected chi connectivity index (χ1v) is 9.53. The van der Waals surface area contributed by atoms with Gasteiger partial charge in [0.15, 0.2) is 5.78 Å². The number of allylic oxidation sites excluding steroid dienone is 1. The molecule has 0 aliphatic carbocycles. The van der Waals surface area contributed by atoms with Gasteiger partial charge >= 0.3 is 0 Å². The van der Waals surface area contributed by atoms with Gasteiger partial charge in [0.1, 0.15) is 0 Å². The minimum atomic E-state index is -0.455. The summed E-state index contributed by atoms with van der Waals surface area (Å²) >= 11 is 12.1. The van der Waals surface area contributed by atoms with E-state index in [1.807, 2.05) is 18.2 Å². The Hall–Kier alpha value is -3.21. The molecule has 0 saturated carbocycles. The molecule has 142 valence electrons. The summed E-state index contributed by atoms with van der Waals surface area (Å²) in [4.78, 5) is 32.6. The number of hydrogen-bond acceptors (Lipinski definition) is 3. The number of pyridine rings is 2. The van der Waals surface area contributed by atoms with E-state index >= 15 is 0 Å². The Balaban J connectivity index is 1.92. The second-order valence-corrected chi connectivity index (χ2v) is 7.20. The quantitative estimate of drug-likeness (QED) is 0.335. The SMILES string of the molecule is O=C(/C=C/c1ccncc1Cl)c1c(-c2ccc(Cl)cc2)c2ccccc2[nH]c1=O. The number of H-pyrrole nitrogens is 1. The number of rotatable bonds is 4. The van der Waals surface area contributed by atoms with Gasteiger partial charge in [-0.2, -0.15) is 0 Å². The molecule has 0 saturated heterocycles. The summed E-state index contributed by atoms with van der Waals surface area (Å²) in [7, 11) is 0. The molecule has 0 fully saturated rings. The predicted octanol–water partition coefficient (Wildman–Crippen LogP) is 5.79. The van der Waals surface area contributed by atoms with Gasteiger partial charge in [0.05, 0.1) is 10.6 Å². The van der Waals surface area contributed by atoms with E-state index in [-0.39, 0.29) is 5.56 Å². The molecule has 0 spiro atoms. The lowest BCUT2D eigenvalue weighted by atomic mass is 9.94. The number of carbonyl (C=O) groups is 1. The number of nitrogens with zero attached hydrogens (tertiary/aromatic N) is 1. The van der Waals surface area contributed by atoms with Crippen LogP contribution in [0.4, 0.5) is 0 Å². The normalized spacial score (nSPS) is 11.2. The van der Waals surface area contributed by atoms with Crippen molar-refractivity contribution in [3.63, 3.8) is 0 Å². The molecule has 4 aromatic rings. The first-order chi connectivity index (χ1) is 14.0. The van der Waals surface area contributed by atoms with E-state index in [1.54, 1.807) is 48.7 Å². The second-order valence-electron chi connectivity index (χ2n) is 6.35. The molecule has 2 aromatic heterocycles. The highest BCUT2D eigenvalue weighted by Crippen LogP contribution is 2.31. The smallest absolute Gasteiger partial charge is 0.260 e. The highest BCUT2D eigenvalue weighted by Gasteiger charge is 2.19. The van der Waals surface area contributed by atoms with Crippen molar-refractivity contribution in [2.24, 2.45) is 0 Å². The lowest BCUT2D eigenvalue weighted by Crippen LogP contribution is -2.18. The third kappa shape index (κ3) is 3.86. The van der Waals surface area contributed by atoms with Crippen molar-refractivity contribution in [3.8, 4) is 11.1 Å². The van der Waals surface area contributed by atoms with E-state index in [2.05, 4.69) is 9.97 Å². The van der Waals surface area contributed by atoms with E-state index < -0.39 is 11.3 Å². The van der Waals surface area contributed by atoms with Gasteiger partial charge in [0.2, 0.25) is 0 Å². The average molecular weight is 421 g/mol. The molecule has 0 atom stereocenters. The molecule has 4 nitrogen and oxygen atoms in total. The van der Waals surface area contributed by atoms with Crippen LogP contribution >= 0.6 is 23.2 Å². The number of halogens is 2. The van der Waals surface area contributed by atoms with E-state index in [4.69, 9.17) is 23.2 Å². The summed E-state index contributed by atoms with van der Waals surface area (Å²) in [6.45, 7) is 0. The Morgan fingerprint density at radius 1 is 1.00 bits per heavy atom. The highest BCUT2D eigenvalue weighted by atomic mass is 35.5.